The lowest BCUT2D eigenvalue weighted by molar-refractivity contribution is 0.0957. The van der Waals surface area contributed by atoms with Gasteiger partial charge in [-0.2, -0.15) is 5.10 Å². The molecule has 0 spiro atoms. The number of nitrogens with one attached hydrogen (secondary N) is 2. The van der Waals surface area contributed by atoms with E-state index in [1.54, 1.807) is 30.2 Å². The fraction of sp³-hybridized carbons (Fsp3) is 0.357. The van der Waals surface area contributed by atoms with Crippen LogP contribution in [-0.2, 0) is 0 Å². The molecular formula is C14H19N5O. The largest absolute Gasteiger partial charge is 0.354 e. The number of hydrogen-bond donors (Lipinski definition) is 2. The highest BCUT2D eigenvalue weighted by Crippen LogP contribution is 2.15. The first-order valence-electron chi connectivity index (χ1n) is 6.61. The lowest BCUT2D eigenvalue weighted by Crippen LogP contribution is -2.18. The first-order chi connectivity index (χ1) is 9.69. The Morgan fingerprint density at radius 3 is 2.70 bits per heavy atom. The molecule has 0 saturated heterocycles. The highest BCUT2D eigenvalue weighted by molar-refractivity contribution is 5.91. The van der Waals surface area contributed by atoms with E-state index in [1.165, 1.54) is 0 Å². The third-order valence-electron chi connectivity index (χ3n) is 3.20. The molecule has 2 aromatic heterocycles. The van der Waals surface area contributed by atoms with Gasteiger partial charge in [0.05, 0.1) is 17.6 Å². The molecule has 1 amide bonds. The maximum Gasteiger partial charge on any atom is 0.271 e. The lowest BCUT2D eigenvalue weighted by atomic mass is 10.1. The van der Waals surface area contributed by atoms with E-state index in [0.717, 1.165) is 17.8 Å². The third-order valence-corrected chi connectivity index (χ3v) is 3.20. The van der Waals surface area contributed by atoms with Gasteiger partial charge in [-0.05, 0) is 31.7 Å². The van der Waals surface area contributed by atoms with E-state index in [-0.39, 0.29) is 11.9 Å². The van der Waals surface area contributed by atoms with Crippen LogP contribution in [0.3, 0.4) is 0 Å². The summed E-state index contributed by atoms with van der Waals surface area (Å²) >= 11 is 0. The topological polar surface area (TPSA) is 71.8 Å². The molecule has 6 heteroatoms. The van der Waals surface area contributed by atoms with Gasteiger partial charge in [0.15, 0.2) is 5.69 Å². The second kappa shape index (κ2) is 6.29. The molecule has 0 radical (unpaired) electrons. The van der Waals surface area contributed by atoms with Gasteiger partial charge in [-0.15, -0.1) is 0 Å². The number of amides is 1. The van der Waals surface area contributed by atoms with Gasteiger partial charge < -0.3 is 10.6 Å². The lowest BCUT2D eigenvalue weighted by Gasteiger charge is -2.13. The minimum absolute atomic E-state index is 0.199. The van der Waals surface area contributed by atoms with Crippen LogP contribution in [0.15, 0.2) is 30.6 Å². The minimum atomic E-state index is -0.199. The Morgan fingerprint density at radius 2 is 2.15 bits per heavy atom. The van der Waals surface area contributed by atoms with E-state index in [1.807, 2.05) is 19.2 Å². The van der Waals surface area contributed by atoms with Crippen LogP contribution in [-0.4, -0.2) is 34.8 Å². The Balaban J connectivity index is 2.21. The van der Waals surface area contributed by atoms with Crippen LogP contribution in [0.1, 0.15) is 35.6 Å². The van der Waals surface area contributed by atoms with E-state index in [0.29, 0.717) is 5.69 Å². The zero-order valence-electron chi connectivity index (χ0n) is 11.9. The number of carbonyl (C=O) groups excluding carboxylic acids is 1. The molecule has 0 aliphatic carbocycles. The van der Waals surface area contributed by atoms with Gasteiger partial charge in [0.1, 0.15) is 0 Å². The summed E-state index contributed by atoms with van der Waals surface area (Å²) in [6.07, 6.45) is 4.48. The fourth-order valence-electron chi connectivity index (χ4n) is 2.02. The van der Waals surface area contributed by atoms with Crippen LogP contribution in [0.25, 0.3) is 5.69 Å². The summed E-state index contributed by atoms with van der Waals surface area (Å²) < 4.78 is 1.64. The van der Waals surface area contributed by atoms with Gasteiger partial charge in [-0.1, -0.05) is 6.92 Å². The first kappa shape index (κ1) is 14.2. The number of pyridine rings is 1. The van der Waals surface area contributed by atoms with Crippen LogP contribution in [0, 0.1) is 0 Å². The van der Waals surface area contributed by atoms with E-state index in [9.17, 15) is 4.79 Å². The summed E-state index contributed by atoms with van der Waals surface area (Å²) in [6, 6.07) is 5.85. The number of aromatic nitrogens is 3. The molecule has 0 fully saturated rings. The van der Waals surface area contributed by atoms with Crippen molar-refractivity contribution < 1.29 is 4.79 Å². The average Bonchev–Trinajstić information content (AvgIpc) is 2.98. The first-order valence-corrected chi connectivity index (χ1v) is 6.61. The highest BCUT2D eigenvalue weighted by atomic mass is 16.1. The second-order valence-corrected chi connectivity index (χ2v) is 4.42. The molecule has 20 heavy (non-hydrogen) atoms. The van der Waals surface area contributed by atoms with Crippen molar-refractivity contribution in [3.05, 3.63) is 42.0 Å². The van der Waals surface area contributed by atoms with Crippen LogP contribution >= 0.6 is 0 Å². The zero-order chi connectivity index (χ0) is 14.5. The molecule has 1 unspecified atom stereocenters. The molecule has 0 aliphatic heterocycles. The molecule has 106 valence electrons. The van der Waals surface area contributed by atoms with Crippen molar-refractivity contribution in [3.8, 4) is 5.69 Å². The Morgan fingerprint density at radius 1 is 1.35 bits per heavy atom. The predicted octanol–water partition coefficient (Wildman–Crippen LogP) is 1.30. The van der Waals surface area contributed by atoms with Gasteiger partial charge in [0.2, 0.25) is 0 Å². The number of nitrogens with zero attached hydrogens (tertiary/aromatic N) is 3. The van der Waals surface area contributed by atoms with E-state index in [2.05, 4.69) is 27.6 Å². The molecule has 6 nitrogen and oxygen atoms in total. The van der Waals surface area contributed by atoms with Crippen molar-refractivity contribution >= 4 is 5.91 Å². The van der Waals surface area contributed by atoms with Crippen molar-refractivity contribution in [1.82, 2.24) is 25.4 Å². The van der Waals surface area contributed by atoms with E-state index >= 15 is 0 Å². The number of carbonyl (C=O) groups is 1. The van der Waals surface area contributed by atoms with Crippen molar-refractivity contribution in [1.29, 1.82) is 0 Å². The Labute approximate surface area is 118 Å². The fourth-order valence-corrected chi connectivity index (χ4v) is 2.02. The van der Waals surface area contributed by atoms with Crippen LogP contribution in [0.5, 0.6) is 0 Å². The molecule has 0 bridgehead atoms. The minimum Gasteiger partial charge on any atom is -0.354 e. The van der Waals surface area contributed by atoms with E-state index < -0.39 is 0 Å². The van der Waals surface area contributed by atoms with Gasteiger partial charge >= 0.3 is 0 Å². The monoisotopic (exact) mass is 273 g/mol. The smallest absolute Gasteiger partial charge is 0.271 e. The molecule has 0 aliphatic rings. The van der Waals surface area contributed by atoms with Gasteiger partial charge in [-0.25, -0.2) is 4.68 Å². The normalized spacial score (nSPS) is 12.2. The predicted molar refractivity (Wildman–Crippen MR) is 76.8 cm³/mol. The van der Waals surface area contributed by atoms with Gasteiger partial charge in [-0.3, -0.25) is 9.78 Å². The molecule has 2 N–H and O–H groups in total. The standard InChI is InChI=1S/C14H19N5O/c1-4-11(15-2)12-6-5-10(9-17-12)19-8-7-13(18-19)14(20)16-3/h5-9,11,15H,4H2,1-3H3,(H,16,20). The molecule has 1 atom stereocenters. The SMILES string of the molecule is CCC(NC)c1ccc(-n2ccc(C(=O)NC)n2)cn1. The van der Waals surface area contributed by atoms with Crippen LogP contribution < -0.4 is 10.6 Å². The Bertz CT molecular complexity index is 572. The second-order valence-electron chi connectivity index (χ2n) is 4.42. The molecule has 2 aromatic rings. The maximum atomic E-state index is 11.5. The third kappa shape index (κ3) is 2.85. The van der Waals surface area contributed by atoms with Crippen LogP contribution in [0.2, 0.25) is 0 Å². The van der Waals surface area contributed by atoms with Crippen molar-refractivity contribution in [3.63, 3.8) is 0 Å². The van der Waals surface area contributed by atoms with Crippen molar-refractivity contribution in [2.45, 2.75) is 19.4 Å². The maximum absolute atomic E-state index is 11.5. The molecule has 2 heterocycles. The Hall–Kier alpha value is -2.21. The molecule has 0 aromatic carbocycles. The van der Waals surface area contributed by atoms with E-state index in [4.69, 9.17) is 0 Å². The summed E-state index contributed by atoms with van der Waals surface area (Å²) in [6.45, 7) is 2.11. The van der Waals surface area contributed by atoms with Gasteiger partial charge in [0.25, 0.3) is 5.91 Å². The highest BCUT2D eigenvalue weighted by Gasteiger charge is 2.10. The molecule has 0 saturated carbocycles. The molecule has 2 rings (SSSR count). The van der Waals surface area contributed by atoms with Crippen molar-refractivity contribution in [2.24, 2.45) is 0 Å². The Kier molecular flexibility index (Phi) is 4.47. The average molecular weight is 273 g/mol. The van der Waals surface area contributed by atoms with Crippen LogP contribution in [0.4, 0.5) is 0 Å². The molecular weight excluding hydrogens is 254 g/mol. The number of rotatable bonds is 5. The summed E-state index contributed by atoms with van der Waals surface area (Å²) in [5.41, 5.74) is 2.21. The zero-order valence-corrected chi connectivity index (χ0v) is 11.9. The summed E-state index contributed by atoms with van der Waals surface area (Å²) in [4.78, 5) is 15.9. The summed E-state index contributed by atoms with van der Waals surface area (Å²) in [7, 11) is 3.51. The number of hydrogen-bond acceptors (Lipinski definition) is 4. The van der Waals surface area contributed by atoms with Crippen molar-refractivity contribution in [2.75, 3.05) is 14.1 Å². The van der Waals surface area contributed by atoms with Gasteiger partial charge in [0, 0.05) is 19.3 Å². The quantitative estimate of drug-likeness (QED) is 0.861. The summed E-state index contributed by atoms with van der Waals surface area (Å²) in [5, 5.41) is 9.98. The summed E-state index contributed by atoms with van der Waals surface area (Å²) in [5.74, 6) is -0.199.